The molecule has 25 heavy (non-hydrogen) atoms. The lowest BCUT2D eigenvalue weighted by Crippen LogP contribution is -2.53. The van der Waals surface area contributed by atoms with Crippen LogP contribution in [0.1, 0.15) is 36.6 Å². The van der Waals surface area contributed by atoms with Crippen LogP contribution in [0.25, 0.3) is 0 Å². The molecule has 2 N–H and O–H groups in total. The quantitative estimate of drug-likeness (QED) is 0.902. The molecule has 1 aliphatic heterocycles. The first kappa shape index (κ1) is 17.0. The number of hydrogen-bond donors (Lipinski definition) is 2. The maximum absolute atomic E-state index is 12.5. The first-order valence-corrected chi connectivity index (χ1v) is 8.15. The number of carbonyl (C=O) groups is 1. The molecule has 0 aliphatic carbocycles. The number of hydrogen-bond acceptors (Lipinski definition) is 4. The van der Waals surface area contributed by atoms with Gasteiger partial charge < -0.3 is 15.2 Å². The van der Waals surface area contributed by atoms with Gasteiger partial charge in [-0.25, -0.2) is 0 Å². The molecule has 1 heterocycles. The highest BCUT2D eigenvalue weighted by atomic mass is 16.5. The van der Waals surface area contributed by atoms with Crippen molar-refractivity contribution in [2.75, 3.05) is 0 Å². The van der Waals surface area contributed by atoms with Crippen LogP contribution in [-0.2, 0) is 11.2 Å². The number of carbonyl (C=O) groups excluding carboxylic acids is 1. The van der Waals surface area contributed by atoms with Gasteiger partial charge in [-0.05, 0) is 37.6 Å². The van der Waals surface area contributed by atoms with E-state index in [1.165, 1.54) is 0 Å². The molecule has 0 saturated heterocycles. The third-order valence-electron chi connectivity index (χ3n) is 4.40. The Labute approximate surface area is 146 Å². The van der Waals surface area contributed by atoms with E-state index in [4.69, 9.17) is 10.00 Å². The molecule has 2 aromatic rings. The Bertz CT molecular complexity index is 825. The zero-order valence-corrected chi connectivity index (χ0v) is 14.2. The molecule has 5 heteroatoms. The standard InChI is InChI=1S/C20H20N2O3/c1-20(2)19(24)18(15-10-14(12-21)8-9-16(15)25-20)22-17(23)11-13-6-4-3-5-7-13/h3-10,18-19,24H,11H2,1-2H3,(H,22,23)/t18-,19+/m0/s1. The van der Waals surface area contributed by atoms with Crippen molar-refractivity contribution in [3.05, 3.63) is 65.2 Å². The number of nitrogens with one attached hydrogen (secondary N) is 1. The van der Waals surface area contributed by atoms with Gasteiger partial charge in [0.05, 0.1) is 24.1 Å². The largest absolute Gasteiger partial charge is 0.485 e. The summed E-state index contributed by atoms with van der Waals surface area (Å²) in [6.45, 7) is 3.55. The minimum absolute atomic E-state index is 0.193. The van der Waals surface area contributed by atoms with Gasteiger partial charge in [0.25, 0.3) is 0 Å². The molecule has 0 unspecified atom stereocenters. The Morgan fingerprint density at radius 1 is 1.28 bits per heavy atom. The number of benzene rings is 2. The Balaban J connectivity index is 1.88. The average Bonchev–Trinajstić information content (AvgIpc) is 2.59. The van der Waals surface area contributed by atoms with Crippen LogP contribution in [-0.4, -0.2) is 22.7 Å². The molecule has 2 aromatic carbocycles. The summed E-state index contributed by atoms with van der Waals surface area (Å²) in [5.41, 5.74) is 1.11. The number of fused-ring (bicyclic) bond motifs is 1. The predicted octanol–water partition coefficient (Wildman–Crippen LogP) is 2.49. The second-order valence-corrected chi connectivity index (χ2v) is 6.72. The van der Waals surface area contributed by atoms with Crippen LogP contribution in [0.15, 0.2) is 48.5 Å². The van der Waals surface area contributed by atoms with Gasteiger partial charge >= 0.3 is 0 Å². The van der Waals surface area contributed by atoms with Crippen molar-refractivity contribution in [3.8, 4) is 11.8 Å². The van der Waals surface area contributed by atoms with Gasteiger partial charge in [0.1, 0.15) is 17.5 Å². The fourth-order valence-electron chi connectivity index (χ4n) is 3.03. The molecule has 1 amide bonds. The summed E-state index contributed by atoms with van der Waals surface area (Å²) in [6, 6.07) is 15.9. The third-order valence-corrected chi connectivity index (χ3v) is 4.40. The SMILES string of the molecule is CC1(C)Oc2ccc(C#N)cc2[C@H](NC(=O)Cc2ccccc2)[C@H]1O. The third kappa shape index (κ3) is 3.49. The second-order valence-electron chi connectivity index (χ2n) is 6.72. The highest BCUT2D eigenvalue weighted by Gasteiger charge is 2.43. The number of aliphatic hydroxyl groups is 1. The average molecular weight is 336 g/mol. The van der Waals surface area contributed by atoms with Crippen molar-refractivity contribution in [2.24, 2.45) is 0 Å². The molecule has 2 atom stereocenters. The molecule has 128 valence electrons. The molecule has 0 aromatic heterocycles. The van der Waals surface area contributed by atoms with Crippen LogP contribution in [0.5, 0.6) is 5.75 Å². The highest BCUT2D eigenvalue weighted by molar-refractivity contribution is 5.79. The summed E-state index contributed by atoms with van der Waals surface area (Å²) in [5, 5.41) is 22.7. The Morgan fingerprint density at radius 2 is 2.00 bits per heavy atom. The van der Waals surface area contributed by atoms with Crippen molar-refractivity contribution in [2.45, 2.75) is 38.0 Å². The minimum Gasteiger partial charge on any atom is -0.485 e. The van der Waals surface area contributed by atoms with Crippen LogP contribution < -0.4 is 10.1 Å². The lowest BCUT2D eigenvalue weighted by Gasteiger charge is -2.42. The normalized spacial score (nSPS) is 20.7. The van der Waals surface area contributed by atoms with Crippen molar-refractivity contribution in [1.29, 1.82) is 5.26 Å². The van der Waals surface area contributed by atoms with E-state index in [1.54, 1.807) is 32.0 Å². The summed E-state index contributed by atoms with van der Waals surface area (Å²) < 4.78 is 5.85. The van der Waals surface area contributed by atoms with Gasteiger partial charge in [-0.3, -0.25) is 4.79 Å². The first-order valence-electron chi connectivity index (χ1n) is 8.15. The predicted molar refractivity (Wildman–Crippen MR) is 92.9 cm³/mol. The first-order chi connectivity index (χ1) is 11.9. The monoisotopic (exact) mass is 336 g/mol. The Kier molecular flexibility index (Phi) is 4.47. The van der Waals surface area contributed by atoms with Gasteiger partial charge in [0.15, 0.2) is 0 Å². The Morgan fingerprint density at radius 3 is 2.68 bits per heavy atom. The molecule has 3 rings (SSSR count). The van der Waals surface area contributed by atoms with Crippen molar-refractivity contribution >= 4 is 5.91 Å². The van der Waals surface area contributed by atoms with Crippen LogP contribution in [0, 0.1) is 11.3 Å². The second kappa shape index (κ2) is 6.58. The summed E-state index contributed by atoms with van der Waals surface area (Å²) in [6.07, 6.45) is -0.716. The zero-order chi connectivity index (χ0) is 18.0. The summed E-state index contributed by atoms with van der Waals surface area (Å²) in [7, 11) is 0. The van der Waals surface area contributed by atoms with E-state index >= 15 is 0 Å². The van der Waals surface area contributed by atoms with Gasteiger partial charge in [0.2, 0.25) is 5.91 Å². The number of ether oxygens (including phenoxy) is 1. The van der Waals surface area contributed by atoms with Crippen LogP contribution >= 0.6 is 0 Å². The van der Waals surface area contributed by atoms with E-state index in [-0.39, 0.29) is 12.3 Å². The molecular formula is C20H20N2O3. The van der Waals surface area contributed by atoms with E-state index in [2.05, 4.69) is 11.4 Å². The van der Waals surface area contributed by atoms with E-state index in [0.29, 0.717) is 16.9 Å². The van der Waals surface area contributed by atoms with Gasteiger partial charge in [-0.1, -0.05) is 30.3 Å². The van der Waals surface area contributed by atoms with Crippen molar-refractivity contribution in [3.63, 3.8) is 0 Å². The summed E-state index contributed by atoms with van der Waals surface area (Å²) in [5.74, 6) is 0.376. The number of nitriles is 1. The molecule has 1 aliphatic rings. The summed E-state index contributed by atoms with van der Waals surface area (Å²) >= 11 is 0. The van der Waals surface area contributed by atoms with Crippen molar-refractivity contribution < 1.29 is 14.6 Å². The van der Waals surface area contributed by atoms with E-state index < -0.39 is 17.7 Å². The number of amides is 1. The molecule has 0 radical (unpaired) electrons. The lowest BCUT2D eigenvalue weighted by atomic mass is 9.86. The maximum atomic E-state index is 12.5. The van der Waals surface area contributed by atoms with E-state index in [0.717, 1.165) is 5.56 Å². The van der Waals surface area contributed by atoms with Crippen LogP contribution in [0.4, 0.5) is 0 Å². The number of nitrogens with zero attached hydrogens (tertiary/aromatic N) is 1. The Hall–Kier alpha value is -2.84. The molecular weight excluding hydrogens is 316 g/mol. The molecule has 5 nitrogen and oxygen atoms in total. The number of aliphatic hydroxyl groups excluding tert-OH is 1. The van der Waals surface area contributed by atoms with Crippen molar-refractivity contribution in [1.82, 2.24) is 5.32 Å². The smallest absolute Gasteiger partial charge is 0.224 e. The van der Waals surface area contributed by atoms with E-state index in [1.807, 2.05) is 30.3 Å². The zero-order valence-electron chi connectivity index (χ0n) is 14.2. The van der Waals surface area contributed by atoms with Gasteiger partial charge in [0, 0.05) is 5.56 Å². The van der Waals surface area contributed by atoms with Gasteiger partial charge in [-0.15, -0.1) is 0 Å². The fraction of sp³-hybridized carbons (Fsp3) is 0.300. The minimum atomic E-state index is -0.936. The molecule has 0 spiro atoms. The lowest BCUT2D eigenvalue weighted by molar-refractivity contribution is -0.125. The van der Waals surface area contributed by atoms with Gasteiger partial charge in [-0.2, -0.15) is 5.26 Å². The fourth-order valence-corrected chi connectivity index (χ4v) is 3.03. The van der Waals surface area contributed by atoms with E-state index in [9.17, 15) is 9.90 Å². The molecule has 0 saturated carbocycles. The molecule has 0 fully saturated rings. The molecule has 0 bridgehead atoms. The topological polar surface area (TPSA) is 82.3 Å². The van der Waals surface area contributed by atoms with Crippen LogP contribution in [0.3, 0.4) is 0 Å². The maximum Gasteiger partial charge on any atom is 0.224 e. The number of rotatable bonds is 3. The summed E-state index contributed by atoms with van der Waals surface area (Å²) in [4.78, 5) is 12.5. The highest BCUT2D eigenvalue weighted by Crippen LogP contribution is 2.40. The van der Waals surface area contributed by atoms with Crippen LogP contribution in [0.2, 0.25) is 0 Å².